The van der Waals surface area contributed by atoms with E-state index in [0.29, 0.717) is 0 Å². The molecule has 0 unspecified atom stereocenters. The first-order valence-corrected chi connectivity index (χ1v) is 16.7. The molecule has 0 fully saturated rings. The molecular weight excluding hydrogens is 591 g/mol. The predicted molar refractivity (Wildman–Crippen MR) is 202 cm³/mol. The molecule has 0 aliphatic carbocycles. The maximum atomic E-state index is 6.70. The summed E-state index contributed by atoms with van der Waals surface area (Å²) in [5, 5.41) is 9.80. The van der Waals surface area contributed by atoms with E-state index in [2.05, 4.69) is 163 Å². The van der Waals surface area contributed by atoms with Crippen molar-refractivity contribution in [3.8, 4) is 11.1 Å². The Hall–Kier alpha value is -5.90. The zero-order valence-corrected chi connectivity index (χ0v) is 26.2. The molecule has 0 radical (unpaired) electrons. The average Bonchev–Trinajstić information content (AvgIpc) is 3.71. The van der Waals surface area contributed by atoms with Crippen molar-refractivity contribution in [2.75, 3.05) is 4.90 Å². The van der Waals surface area contributed by atoms with Crippen LogP contribution in [0.3, 0.4) is 0 Å². The largest absolute Gasteiger partial charge is 0.455 e. The predicted octanol–water partition coefficient (Wildman–Crippen LogP) is 13.4. The van der Waals surface area contributed by atoms with E-state index in [-0.39, 0.29) is 0 Å². The van der Waals surface area contributed by atoms with Crippen LogP contribution in [0.5, 0.6) is 0 Å². The zero-order valence-electron chi connectivity index (χ0n) is 25.4. The van der Waals surface area contributed by atoms with Gasteiger partial charge in [-0.15, -0.1) is 11.3 Å². The van der Waals surface area contributed by atoms with Crippen LogP contribution in [-0.2, 0) is 0 Å². The molecule has 0 bridgehead atoms. The van der Waals surface area contributed by atoms with Gasteiger partial charge in [-0.2, -0.15) is 0 Å². The van der Waals surface area contributed by atoms with Crippen molar-refractivity contribution in [1.82, 2.24) is 0 Å². The third kappa shape index (κ3) is 4.10. The molecule has 0 saturated heterocycles. The fraction of sp³-hybridized carbons (Fsp3) is 0. The molecule has 3 heteroatoms. The molecule has 0 amide bonds. The van der Waals surface area contributed by atoms with Crippen LogP contribution in [0.15, 0.2) is 168 Å². The van der Waals surface area contributed by atoms with E-state index < -0.39 is 0 Å². The van der Waals surface area contributed by atoms with Gasteiger partial charge in [-0.3, -0.25) is 0 Å². The topological polar surface area (TPSA) is 16.4 Å². The second-order valence-electron chi connectivity index (χ2n) is 12.1. The van der Waals surface area contributed by atoms with Crippen molar-refractivity contribution in [2.24, 2.45) is 0 Å². The molecule has 10 aromatic rings. The first-order valence-electron chi connectivity index (χ1n) is 15.9. The Kier molecular flexibility index (Phi) is 5.78. The summed E-state index contributed by atoms with van der Waals surface area (Å²) >= 11 is 1.85. The van der Waals surface area contributed by atoms with Crippen LogP contribution in [0.2, 0.25) is 0 Å². The second kappa shape index (κ2) is 10.3. The Morgan fingerprint density at radius 2 is 1.11 bits per heavy atom. The smallest absolute Gasteiger partial charge is 0.145 e. The molecule has 0 aliphatic rings. The van der Waals surface area contributed by atoms with Crippen LogP contribution in [0, 0.1) is 0 Å². The van der Waals surface area contributed by atoms with Gasteiger partial charge in [0.15, 0.2) is 0 Å². The number of benzene rings is 8. The van der Waals surface area contributed by atoms with E-state index in [1.165, 1.54) is 41.7 Å². The third-order valence-electron chi connectivity index (χ3n) is 9.44. The second-order valence-corrected chi connectivity index (χ2v) is 13.2. The van der Waals surface area contributed by atoms with Gasteiger partial charge in [0.2, 0.25) is 0 Å². The van der Waals surface area contributed by atoms with E-state index in [4.69, 9.17) is 4.42 Å². The van der Waals surface area contributed by atoms with Gasteiger partial charge in [-0.1, -0.05) is 115 Å². The molecule has 0 atom stereocenters. The molecule has 8 aromatic carbocycles. The van der Waals surface area contributed by atoms with Crippen LogP contribution < -0.4 is 4.90 Å². The SMILES string of the molecule is c1ccc(-c2ccc(N(c3ccc4c(ccc5ccccc54)c3)c3ccc4c(c3)sc3ccccc34)c3c2oc2ccccc23)cc1. The number of nitrogens with zero attached hydrogens (tertiary/aromatic N) is 1. The van der Waals surface area contributed by atoms with Crippen molar-refractivity contribution in [1.29, 1.82) is 0 Å². The van der Waals surface area contributed by atoms with Gasteiger partial charge in [0.25, 0.3) is 0 Å². The van der Waals surface area contributed by atoms with E-state index in [9.17, 15) is 0 Å². The molecule has 220 valence electrons. The Morgan fingerprint density at radius 1 is 0.447 bits per heavy atom. The normalized spacial score (nSPS) is 11.8. The standard InChI is InChI=1S/C44H27NOS/c1-2-10-28(11-3-1)35-24-25-39(43-38-15-6-8-16-40(38)46-44(35)43)45(32-21-23-37-36-14-7-9-17-41(36)47-42(37)27-32)31-20-22-34-30(26-31)19-18-29-12-4-5-13-33(29)34/h1-27H. The van der Waals surface area contributed by atoms with Crippen molar-refractivity contribution in [2.45, 2.75) is 0 Å². The summed E-state index contributed by atoms with van der Waals surface area (Å²) in [5.74, 6) is 0. The van der Waals surface area contributed by atoms with E-state index in [1.807, 2.05) is 17.4 Å². The number of fused-ring (bicyclic) bond motifs is 9. The highest BCUT2D eigenvalue weighted by Gasteiger charge is 2.23. The third-order valence-corrected chi connectivity index (χ3v) is 10.6. The van der Waals surface area contributed by atoms with Crippen LogP contribution in [-0.4, -0.2) is 0 Å². The lowest BCUT2D eigenvalue weighted by atomic mass is 9.99. The summed E-state index contributed by atoms with van der Waals surface area (Å²) < 4.78 is 9.28. The number of rotatable bonds is 4. The molecular formula is C44H27NOS. The minimum Gasteiger partial charge on any atom is -0.455 e. The van der Waals surface area contributed by atoms with Gasteiger partial charge in [0.05, 0.1) is 11.1 Å². The van der Waals surface area contributed by atoms with Gasteiger partial charge >= 0.3 is 0 Å². The van der Waals surface area contributed by atoms with Crippen LogP contribution in [0.4, 0.5) is 17.1 Å². The van der Waals surface area contributed by atoms with E-state index in [1.54, 1.807) is 0 Å². The lowest BCUT2D eigenvalue weighted by molar-refractivity contribution is 0.670. The van der Waals surface area contributed by atoms with Crippen LogP contribution in [0.25, 0.3) is 74.8 Å². The summed E-state index contributed by atoms with van der Waals surface area (Å²) in [6, 6.07) is 59.0. The summed E-state index contributed by atoms with van der Waals surface area (Å²) in [4.78, 5) is 2.41. The van der Waals surface area contributed by atoms with Crippen molar-refractivity contribution >= 4 is 92.1 Å². The Labute approximate surface area is 275 Å². The number of anilines is 3. The fourth-order valence-electron chi connectivity index (χ4n) is 7.26. The highest BCUT2D eigenvalue weighted by atomic mass is 32.1. The van der Waals surface area contributed by atoms with Gasteiger partial charge in [-0.25, -0.2) is 0 Å². The number of furan rings is 1. The summed E-state index contributed by atoms with van der Waals surface area (Å²) in [6.45, 7) is 0. The zero-order chi connectivity index (χ0) is 30.9. The molecule has 2 heterocycles. The fourth-order valence-corrected chi connectivity index (χ4v) is 8.40. The molecule has 2 nitrogen and oxygen atoms in total. The minimum absolute atomic E-state index is 0.886. The van der Waals surface area contributed by atoms with Gasteiger partial charge in [-0.05, 0) is 75.6 Å². The van der Waals surface area contributed by atoms with Gasteiger partial charge < -0.3 is 9.32 Å². The van der Waals surface area contributed by atoms with Crippen LogP contribution in [0.1, 0.15) is 0 Å². The molecule has 47 heavy (non-hydrogen) atoms. The lowest BCUT2D eigenvalue weighted by Gasteiger charge is -2.27. The van der Waals surface area contributed by atoms with Crippen molar-refractivity contribution in [3.05, 3.63) is 164 Å². The first kappa shape index (κ1) is 26.3. The molecule has 0 saturated carbocycles. The maximum absolute atomic E-state index is 6.70. The summed E-state index contributed by atoms with van der Waals surface area (Å²) in [7, 11) is 0. The average molecular weight is 618 g/mol. The highest BCUT2D eigenvalue weighted by molar-refractivity contribution is 7.25. The quantitative estimate of drug-likeness (QED) is 0.183. The highest BCUT2D eigenvalue weighted by Crippen LogP contribution is 2.47. The molecule has 0 aliphatic heterocycles. The van der Waals surface area contributed by atoms with E-state index in [0.717, 1.165) is 50.1 Å². The Balaban J connectivity index is 1.28. The number of hydrogen-bond acceptors (Lipinski definition) is 3. The monoisotopic (exact) mass is 617 g/mol. The van der Waals surface area contributed by atoms with Gasteiger partial charge in [0.1, 0.15) is 11.2 Å². The number of thiophene rings is 1. The van der Waals surface area contributed by atoms with Crippen molar-refractivity contribution in [3.63, 3.8) is 0 Å². The van der Waals surface area contributed by atoms with Gasteiger partial charge in [0, 0.05) is 42.5 Å². The number of hydrogen-bond donors (Lipinski definition) is 0. The minimum atomic E-state index is 0.886. The molecule has 0 N–H and O–H groups in total. The summed E-state index contributed by atoms with van der Waals surface area (Å²) in [6.07, 6.45) is 0. The van der Waals surface area contributed by atoms with Crippen molar-refractivity contribution < 1.29 is 4.42 Å². The Morgan fingerprint density at radius 3 is 2.00 bits per heavy atom. The summed E-state index contributed by atoms with van der Waals surface area (Å²) in [5.41, 5.74) is 7.32. The number of para-hydroxylation sites is 1. The molecule has 10 rings (SSSR count). The van der Waals surface area contributed by atoms with E-state index >= 15 is 0 Å². The molecule has 0 spiro atoms. The first-order chi connectivity index (χ1) is 23.3. The Bertz CT molecular complexity index is 2810. The van der Waals surface area contributed by atoms with Crippen LogP contribution >= 0.6 is 11.3 Å². The lowest BCUT2D eigenvalue weighted by Crippen LogP contribution is -2.10. The maximum Gasteiger partial charge on any atom is 0.145 e. The molecule has 2 aromatic heterocycles.